The van der Waals surface area contributed by atoms with Crippen LogP contribution in [0.2, 0.25) is 0 Å². The molecule has 1 rings (SSSR count). The Balaban J connectivity index is 0.00000196. The van der Waals surface area contributed by atoms with Gasteiger partial charge in [-0.1, -0.05) is 51.9 Å². The van der Waals surface area contributed by atoms with Gasteiger partial charge in [-0.25, -0.2) is 0 Å². The predicted octanol–water partition coefficient (Wildman–Crippen LogP) is 4.29. The van der Waals surface area contributed by atoms with E-state index in [4.69, 9.17) is 5.73 Å². The molecule has 0 amide bonds. The summed E-state index contributed by atoms with van der Waals surface area (Å²) in [5, 5.41) is 0. The van der Waals surface area contributed by atoms with E-state index in [1.165, 1.54) is 64.2 Å². The van der Waals surface area contributed by atoms with E-state index in [9.17, 15) is 0 Å². The molecule has 2 atom stereocenters. The van der Waals surface area contributed by atoms with Crippen LogP contribution in [-0.4, -0.2) is 6.04 Å². The molecule has 1 saturated carbocycles. The Morgan fingerprint density at radius 2 is 1.67 bits per heavy atom. The van der Waals surface area contributed by atoms with Crippen molar-refractivity contribution >= 4 is 12.4 Å². The first kappa shape index (κ1) is 15.2. The summed E-state index contributed by atoms with van der Waals surface area (Å²) in [6.45, 7) is 2.28. The number of unbranched alkanes of at least 4 members (excludes halogenated alkanes) is 5. The largest absolute Gasteiger partial charge is 0.327 e. The highest BCUT2D eigenvalue weighted by atomic mass is 35.5. The molecule has 0 aliphatic heterocycles. The second-order valence-corrected chi connectivity index (χ2v) is 4.91. The highest BCUT2D eigenvalue weighted by Crippen LogP contribution is 2.28. The van der Waals surface area contributed by atoms with Gasteiger partial charge in [-0.2, -0.15) is 0 Å². The minimum Gasteiger partial charge on any atom is -0.327 e. The van der Waals surface area contributed by atoms with Gasteiger partial charge in [0.2, 0.25) is 0 Å². The van der Waals surface area contributed by atoms with Gasteiger partial charge in [-0.15, -0.1) is 12.4 Å². The summed E-state index contributed by atoms with van der Waals surface area (Å²) in [5.74, 6) is 0.862. The molecule has 15 heavy (non-hydrogen) atoms. The fraction of sp³-hybridized carbons (Fsp3) is 1.00. The van der Waals surface area contributed by atoms with Crippen molar-refractivity contribution in [2.24, 2.45) is 11.7 Å². The molecule has 0 aromatic rings. The van der Waals surface area contributed by atoms with Gasteiger partial charge in [0, 0.05) is 6.04 Å². The van der Waals surface area contributed by atoms with E-state index >= 15 is 0 Å². The smallest absolute Gasteiger partial charge is 0.00671 e. The maximum atomic E-state index is 6.04. The Labute approximate surface area is 102 Å². The number of nitrogens with two attached hydrogens (primary N) is 1. The number of halogens is 1. The monoisotopic (exact) mass is 233 g/mol. The standard InChI is InChI=1S/C13H27N.ClH/c1-2-3-4-5-6-7-9-12-10-8-11-13(12)14;/h12-13H,2-11,14H2,1H3;1H. The van der Waals surface area contributed by atoms with Crippen LogP contribution in [0.15, 0.2) is 0 Å². The minimum atomic E-state index is 0. The molecule has 1 aliphatic carbocycles. The van der Waals surface area contributed by atoms with E-state index in [-0.39, 0.29) is 12.4 Å². The van der Waals surface area contributed by atoms with Gasteiger partial charge in [-0.05, 0) is 25.2 Å². The lowest BCUT2D eigenvalue weighted by Crippen LogP contribution is -2.24. The topological polar surface area (TPSA) is 26.0 Å². The molecule has 0 radical (unpaired) electrons. The first-order valence-corrected chi connectivity index (χ1v) is 6.60. The Morgan fingerprint density at radius 1 is 1.00 bits per heavy atom. The zero-order valence-electron chi connectivity index (χ0n) is 10.2. The van der Waals surface area contributed by atoms with Crippen molar-refractivity contribution in [1.82, 2.24) is 0 Å². The Bertz CT molecular complexity index is 138. The second kappa shape index (κ2) is 9.47. The first-order chi connectivity index (χ1) is 6.84. The molecule has 0 heterocycles. The van der Waals surface area contributed by atoms with Crippen molar-refractivity contribution in [2.75, 3.05) is 0 Å². The molecule has 0 aromatic carbocycles. The van der Waals surface area contributed by atoms with Crippen LogP contribution in [0.5, 0.6) is 0 Å². The van der Waals surface area contributed by atoms with Gasteiger partial charge in [-0.3, -0.25) is 0 Å². The minimum absolute atomic E-state index is 0. The summed E-state index contributed by atoms with van der Waals surface area (Å²) in [6.07, 6.45) is 14.0. The van der Waals surface area contributed by atoms with Crippen LogP contribution < -0.4 is 5.73 Å². The molecule has 1 aliphatic rings. The molecule has 2 N–H and O–H groups in total. The highest BCUT2D eigenvalue weighted by molar-refractivity contribution is 5.85. The lowest BCUT2D eigenvalue weighted by molar-refractivity contribution is 0.420. The summed E-state index contributed by atoms with van der Waals surface area (Å²) in [7, 11) is 0. The third-order valence-electron chi connectivity index (χ3n) is 3.65. The zero-order valence-corrected chi connectivity index (χ0v) is 11.0. The third-order valence-corrected chi connectivity index (χ3v) is 3.65. The third kappa shape index (κ3) is 6.42. The molecule has 2 heteroatoms. The van der Waals surface area contributed by atoms with E-state index < -0.39 is 0 Å². The molecular weight excluding hydrogens is 206 g/mol. The van der Waals surface area contributed by atoms with Gasteiger partial charge < -0.3 is 5.73 Å². The molecule has 0 aromatic heterocycles. The normalized spacial score (nSPS) is 25.2. The van der Waals surface area contributed by atoms with Crippen LogP contribution in [0.4, 0.5) is 0 Å². The predicted molar refractivity (Wildman–Crippen MR) is 70.6 cm³/mol. The Hall–Kier alpha value is 0.250. The molecule has 0 bridgehead atoms. The van der Waals surface area contributed by atoms with Crippen LogP contribution in [0.3, 0.4) is 0 Å². The first-order valence-electron chi connectivity index (χ1n) is 6.60. The number of hydrogen-bond acceptors (Lipinski definition) is 1. The van der Waals surface area contributed by atoms with E-state index in [0.717, 1.165) is 5.92 Å². The molecule has 0 spiro atoms. The molecule has 1 nitrogen and oxygen atoms in total. The van der Waals surface area contributed by atoms with Gasteiger partial charge in [0.25, 0.3) is 0 Å². The summed E-state index contributed by atoms with van der Waals surface area (Å²) in [5.41, 5.74) is 6.04. The lowest BCUT2D eigenvalue weighted by Gasteiger charge is -2.14. The number of rotatable bonds is 7. The fourth-order valence-electron chi connectivity index (χ4n) is 2.61. The van der Waals surface area contributed by atoms with Crippen LogP contribution in [0.1, 0.15) is 71.1 Å². The van der Waals surface area contributed by atoms with Gasteiger partial charge in [0.1, 0.15) is 0 Å². The fourth-order valence-corrected chi connectivity index (χ4v) is 2.61. The van der Waals surface area contributed by atoms with Crippen molar-refractivity contribution in [1.29, 1.82) is 0 Å². The number of hydrogen-bond donors (Lipinski definition) is 1. The SMILES string of the molecule is CCCCCCCCC1CCCC1N.Cl. The van der Waals surface area contributed by atoms with Crippen molar-refractivity contribution in [2.45, 2.75) is 77.2 Å². The van der Waals surface area contributed by atoms with E-state index in [1.807, 2.05) is 0 Å². The van der Waals surface area contributed by atoms with Crippen molar-refractivity contribution in [3.05, 3.63) is 0 Å². The van der Waals surface area contributed by atoms with Crippen molar-refractivity contribution in [3.8, 4) is 0 Å². The van der Waals surface area contributed by atoms with Crippen molar-refractivity contribution < 1.29 is 0 Å². The second-order valence-electron chi connectivity index (χ2n) is 4.91. The average Bonchev–Trinajstić information content (AvgIpc) is 2.58. The van der Waals surface area contributed by atoms with Crippen molar-refractivity contribution in [3.63, 3.8) is 0 Å². The summed E-state index contributed by atoms with van der Waals surface area (Å²) in [4.78, 5) is 0. The van der Waals surface area contributed by atoms with Gasteiger partial charge >= 0.3 is 0 Å². The van der Waals surface area contributed by atoms with Crippen LogP contribution in [0, 0.1) is 5.92 Å². The summed E-state index contributed by atoms with van der Waals surface area (Å²) in [6, 6.07) is 0.533. The quantitative estimate of drug-likeness (QED) is 0.653. The Morgan fingerprint density at radius 3 is 2.27 bits per heavy atom. The maximum absolute atomic E-state index is 6.04. The molecule has 2 unspecified atom stereocenters. The lowest BCUT2D eigenvalue weighted by atomic mass is 9.96. The highest BCUT2D eigenvalue weighted by Gasteiger charge is 2.22. The average molecular weight is 234 g/mol. The molecule has 0 saturated heterocycles. The van der Waals surface area contributed by atoms with E-state index in [0.29, 0.717) is 6.04 Å². The van der Waals surface area contributed by atoms with Gasteiger partial charge in [0.05, 0.1) is 0 Å². The zero-order chi connectivity index (χ0) is 10.2. The molecule has 1 fully saturated rings. The van der Waals surface area contributed by atoms with Crippen LogP contribution in [-0.2, 0) is 0 Å². The van der Waals surface area contributed by atoms with Gasteiger partial charge in [0.15, 0.2) is 0 Å². The van der Waals surface area contributed by atoms with E-state index in [2.05, 4.69) is 6.92 Å². The van der Waals surface area contributed by atoms with Crippen LogP contribution in [0.25, 0.3) is 0 Å². The maximum Gasteiger partial charge on any atom is 0.00671 e. The summed E-state index contributed by atoms with van der Waals surface area (Å²) < 4.78 is 0. The Kier molecular flexibility index (Phi) is 9.63. The molecular formula is C13H28ClN. The van der Waals surface area contributed by atoms with Crippen LogP contribution >= 0.6 is 12.4 Å². The summed E-state index contributed by atoms with van der Waals surface area (Å²) >= 11 is 0. The molecule has 92 valence electrons. The van der Waals surface area contributed by atoms with E-state index in [1.54, 1.807) is 0 Å².